The molecular formula is C16H23NO3. The zero-order chi connectivity index (χ0) is 15.2. The number of rotatable bonds is 7. The van der Waals surface area contributed by atoms with Crippen molar-refractivity contribution in [2.75, 3.05) is 6.54 Å². The Hall–Kier alpha value is -1.84. The van der Waals surface area contributed by atoms with Crippen molar-refractivity contribution in [3.05, 3.63) is 35.4 Å². The van der Waals surface area contributed by atoms with Crippen LogP contribution in [-0.4, -0.2) is 23.5 Å². The minimum absolute atomic E-state index is 0.158. The van der Waals surface area contributed by atoms with E-state index in [1.165, 1.54) is 5.56 Å². The summed E-state index contributed by atoms with van der Waals surface area (Å²) in [5.41, 5.74) is 1.01. The van der Waals surface area contributed by atoms with Crippen molar-refractivity contribution in [1.82, 2.24) is 5.32 Å². The van der Waals surface area contributed by atoms with Gasteiger partial charge >= 0.3 is 5.97 Å². The SMILES string of the molecule is CCCc1ccc(C(=O)NCCC(C)(C)C(=O)O)cc1. The van der Waals surface area contributed by atoms with Crippen molar-refractivity contribution >= 4 is 11.9 Å². The van der Waals surface area contributed by atoms with E-state index in [9.17, 15) is 9.59 Å². The topological polar surface area (TPSA) is 66.4 Å². The predicted octanol–water partition coefficient (Wildman–Crippen LogP) is 2.87. The summed E-state index contributed by atoms with van der Waals surface area (Å²) in [6, 6.07) is 7.53. The van der Waals surface area contributed by atoms with Gasteiger partial charge in [0, 0.05) is 12.1 Å². The lowest BCUT2D eigenvalue weighted by Crippen LogP contribution is -2.31. The van der Waals surface area contributed by atoms with Crippen LogP contribution in [0.5, 0.6) is 0 Å². The van der Waals surface area contributed by atoms with Gasteiger partial charge in [0.1, 0.15) is 0 Å². The molecule has 4 heteroatoms. The molecule has 0 aliphatic heterocycles. The second-order valence-electron chi connectivity index (χ2n) is 5.64. The third-order valence-electron chi connectivity index (χ3n) is 3.37. The smallest absolute Gasteiger partial charge is 0.309 e. The van der Waals surface area contributed by atoms with E-state index in [0.29, 0.717) is 18.5 Å². The van der Waals surface area contributed by atoms with Crippen molar-refractivity contribution in [3.63, 3.8) is 0 Å². The van der Waals surface area contributed by atoms with Gasteiger partial charge in [0.2, 0.25) is 0 Å². The van der Waals surface area contributed by atoms with Crippen LogP contribution in [0.3, 0.4) is 0 Å². The molecule has 0 fully saturated rings. The Morgan fingerprint density at radius 3 is 2.30 bits per heavy atom. The van der Waals surface area contributed by atoms with Crippen LogP contribution in [-0.2, 0) is 11.2 Å². The zero-order valence-corrected chi connectivity index (χ0v) is 12.4. The van der Waals surface area contributed by atoms with E-state index in [4.69, 9.17) is 5.11 Å². The van der Waals surface area contributed by atoms with Gasteiger partial charge in [0.15, 0.2) is 0 Å². The van der Waals surface area contributed by atoms with Crippen LogP contribution < -0.4 is 5.32 Å². The van der Waals surface area contributed by atoms with E-state index in [-0.39, 0.29) is 5.91 Å². The fourth-order valence-corrected chi connectivity index (χ4v) is 1.81. The second kappa shape index (κ2) is 7.08. The summed E-state index contributed by atoms with van der Waals surface area (Å²) in [6.45, 7) is 5.78. The average Bonchev–Trinajstić information content (AvgIpc) is 2.39. The number of carboxylic acids is 1. The lowest BCUT2D eigenvalue weighted by atomic mass is 9.90. The zero-order valence-electron chi connectivity index (χ0n) is 12.4. The van der Waals surface area contributed by atoms with Crippen molar-refractivity contribution in [2.24, 2.45) is 5.41 Å². The standard InChI is InChI=1S/C16H23NO3/c1-4-5-12-6-8-13(9-7-12)14(18)17-11-10-16(2,3)15(19)20/h6-9H,4-5,10-11H2,1-3H3,(H,17,18)(H,19,20). The molecule has 2 N–H and O–H groups in total. The van der Waals surface area contributed by atoms with E-state index in [1.807, 2.05) is 24.3 Å². The molecule has 20 heavy (non-hydrogen) atoms. The average molecular weight is 277 g/mol. The number of carbonyl (C=O) groups excluding carboxylic acids is 1. The van der Waals surface area contributed by atoms with E-state index in [2.05, 4.69) is 12.2 Å². The fourth-order valence-electron chi connectivity index (χ4n) is 1.81. The van der Waals surface area contributed by atoms with Gasteiger partial charge in [-0.2, -0.15) is 0 Å². The normalized spacial score (nSPS) is 11.2. The Morgan fingerprint density at radius 2 is 1.80 bits per heavy atom. The quantitative estimate of drug-likeness (QED) is 0.805. The van der Waals surface area contributed by atoms with E-state index >= 15 is 0 Å². The summed E-state index contributed by atoms with van der Waals surface area (Å²) in [5, 5.41) is 11.8. The number of nitrogens with one attached hydrogen (secondary N) is 1. The molecule has 0 aromatic heterocycles. The van der Waals surface area contributed by atoms with Crippen molar-refractivity contribution in [3.8, 4) is 0 Å². The molecular weight excluding hydrogens is 254 g/mol. The van der Waals surface area contributed by atoms with Gasteiger partial charge < -0.3 is 10.4 Å². The maximum Gasteiger partial charge on any atom is 0.309 e. The molecule has 0 aliphatic rings. The van der Waals surface area contributed by atoms with E-state index in [0.717, 1.165) is 12.8 Å². The molecule has 0 heterocycles. The third kappa shape index (κ3) is 4.68. The highest BCUT2D eigenvalue weighted by molar-refractivity contribution is 5.94. The van der Waals surface area contributed by atoms with Crippen molar-refractivity contribution in [1.29, 1.82) is 0 Å². The molecule has 0 saturated heterocycles. The Kier molecular flexibility index (Phi) is 5.74. The number of hydrogen-bond acceptors (Lipinski definition) is 2. The van der Waals surface area contributed by atoms with Crippen molar-refractivity contribution in [2.45, 2.75) is 40.0 Å². The molecule has 0 aliphatic carbocycles. The molecule has 1 rings (SSSR count). The van der Waals surface area contributed by atoms with E-state index < -0.39 is 11.4 Å². The first-order valence-electron chi connectivity index (χ1n) is 6.97. The predicted molar refractivity (Wildman–Crippen MR) is 78.8 cm³/mol. The summed E-state index contributed by atoms with van der Waals surface area (Å²) < 4.78 is 0. The van der Waals surface area contributed by atoms with Crippen LogP contribution in [0.15, 0.2) is 24.3 Å². The highest BCUT2D eigenvalue weighted by Gasteiger charge is 2.26. The lowest BCUT2D eigenvalue weighted by Gasteiger charge is -2.18. The molecule has 0 saturated carbocycles. The number of carboxylic acid groups (broad SMARTS) is 1. The number of aliphatic carboxylic acids is 1. The molecule has 0 unspecified atom stereocenters. The Labute approximate surface area is 120 Å². The van der Waals surface area contributed by atoms with Crippen LogP contribution in [0.4, 0.5) is 0 Å². The maximum absolute atomic E-state index is 11.9. The molecule has 110 valence electrons. The Bertz CT molecular complexity index is 463. The fraction of sp³-hybridized carbons (Fsp3) is 0.500. The van der Waals surface area contributed by atoms with Gasteiger partial charge in [-0.3, -0.25) is 9.59 Å². The number of carbonyl (C=O) groups is 2. The monoisotopic (exact) mass is 277 g/mol. The van der Waals surface area contributed by atoms with Crippen LogP contribution in [0.25, 0.3) is 0 Å². The van der Waals surface area contributed by atoms with Gasteiger partial charge in [-0.15, -0.1) is 0 Å². The highest BCUT2D eigenvalue weighted by Crippen LogP contribution is 2.19. The summed E-state index contributed by atoms with van der Waals surface area (Å²) in [7, 11) is 0. The number of benzene rings is 1. The maximum atomic E-state index is 11.9. The van der Waals surface area contributed by atoms with Gasteiger partial charge in [-0.25, -0.2) is 0 Å². The third-order valence-corrected chi connectivity index (χ3v) is 3.37. The van der Waals surface area contributed by atoms with Gasteiger partial charge in [0.05, 0.1) is 5.41 Å². The number of amides is 1. The summed E-state index contributed by atoms with van der Waals surface area (Å²) in [5.74, 6) is -1.01. The molecule has 0 atom stereocenters. The van der Waals surface area contributed by atoms with Crippen LogP contribution in [0.2, 0.25) is 0 Å². The first-order chi connectivity index (χ1) is 9.36. The molecule has 1 aromatic carbocycles. The number of hydrogen-bond donors (Lipinski definition) is 2. The van der Waals surface area contributed by atoms with Gasteiger partial charge in [0.25, 0.3) is 5.91 Å². The summed E-state index contributed by atoms with van der Waals surface area (Å²) in [4.78, 5) is 22.9. The minimum atomic E-state index is -0.851. The Balaban J connectivity index is 2.49. The number of aryl methyl sites for hydroxylation is 1. The van der Waals surface area contributed by atoms with Crippen LogP contribution in [0, 0.1) is 5.41 Å². The van der Waals surface area contributed by atoms with Gasteiger partial charge in [-0.05, 0) is 44.4 Å². The minimum Gasteiger partial charge on any atom is -0.481 e. The summed E-state index contributed by atoms with van der Waals surface area (Å²) >= 11 is 0. The molecule has 0 bridgehead atoms. The molecule has 1 amide bonds. The first kappa shape index (κ1) is 16.2. The van der Waals surface area contributed by atoms with E-state index in [1.54, 1.807) is 13.8 Å². The first-order valence-corrected chi connectivity index (χ1v) is 6.97. The second-order valence-corrected chi connectivity index (χ2v) is 5.64. The summed E-state index contributed by atoms with van der Waals surface area (Å²) in [6.07, 6.45) is 2.49. The lowest BCUT2D eigenvalue weighted by molar-refractivity contribution is -0.147. The Morgan fingerprint density at radius 1 is 1.20 bits per heavy atom. The van der Waals surface area contributed by atoms with Crippen LogP contribution >= 0.6 is 0 Å². The molecule has 0 radical (unpaired) electrons. The van der Waals surface area contributed by atoms with Gasteiger partial charge in [-0.1, -0.05) is 25.5 Å². The molecule has 0 spiro atoms. The highest BCUT2D eigenvalue weighted by atomic mass is 16.4. The molecule has 4 nitrogen and oxygen atoms in total. The largest absolute Gasteiger partial charge is 0.481 e. The van der Waals surface area contributed by atoms with Crippen LogP contribution in [0.1, 0.15) is 49.5 Å². The van der Waals surface area contributed by atoms with Crippen molar-refractivity contribution < 1.29 is 14.7 Å². The molecule has 1 aromatic rings.